The summed E-state index contributed by atoms with van der Waals surface area (Å²) in [7, 11) is 3.12. The Bertz CT molecular complexity index is 1130. The molecule has 0 spiro atoms. The van der Waals surface area contributed by atoms with Crippen LogP contribution in [0.2, 0.25) is 0 Å². The summed E-state index contributed by atoms with van der Waals surface area (Å²) < 4.78 is 17.6. The van der Waals surface area contributed by atoms with Crippen LogP contribution in [0.4, 0.5) is 4.79 Å². The van der Waals surface area contributed by atoms with Gasteiger partial charge in [0.25, 0.3) is 5.89 Å². The van der Waals surface area contributed by atoms with Crippen molar-refractivity contribution in [3.63, 3.8) is 0 Å². The molecule has 32 heavy (non-hydrogen) atoms. The van der Waals surface area contributed by atoms with Crippen LogP contribution in [-0.2, 0) is 11.3 Å². The number of urea groups is 1. The van der Waals surface area contributed by atoms with Crippen molar-refractivity contribution in [2.24, 2.45) is 5.92 Å². The van der Waals surface area contributed by atoms with E-state index in [-0.39, 0.29) is 24.4 Å². The van der Waals surface area contributed by atoms with E-state index in [9.17, 15) is 9.59 Å². The Balaban J connectivity index is 1.64. The van der Waals surface area contributed by atoms with Crippen molar-refractivity contribution in [3.8, 4) is 22.9 Å². The van der Waals surface area contributed by atoms with Crippen LogP contribution in [0.15, 0.2) is 47.0 Å². The van der Waals surface area contributed by atoms with Crippen LogP contribution in [0.25, 0.3) is 11.4 Å². The van der Waals surface area contributed by atoms with Gasteiger partial charge in [-0.05, 0) is 30.7 Å². The van der Waals surface area contributed by atoms with E-state index in [1.54, 1.807) is 44.6 Å². The lowest BCUT2D eigenvalue weighted by Crippen LogP contribution is -2.54. The molecule has 9 nitrogen and oxygen atoms in total. The van der Waals surface area contributed by atoms with Gasteiger partial charge in [-0.2, -0.15) is 19.3 Å². The normalized spacial score (nSPS) is 17.7. The van der Waals surface area contributed by atoms with Gasteiger partial charge in [0.2, 0.25) is 5.82 Å². The quantitative estimate of drug-likeness (QED) is 0.585. The molecule has 2 heterocycles. The lowest BCUT2D eigenvalue weighted by Gasteiger charge is -2.26. The first-order valence-corrected chi connectivity index (χ1v) is 10.5. The first-order valence-electron chi connectivity index (χ1n) is 10.5. The number of carbonyl (C=O) groups is 2. The van der Waals surface area contributed by atoms with Crippen molar-refractivity contribution < 1.29 is 28.2 Å². The second kappa shape index (κ2) is 9.17. The molecule has 2 aliphatic rings. The molecule has 0 N–H and O–H groups in total. The molecule has 166 valence electrons. The van der Waals surface area contributed by atoms with Crippen LogP contribution < -0.4 is 9.47 Å². The summed E-state index contributed by atoms with van der Waals surface area (Å²) in [6.45, 7) is 2.47. The summed E-state index contributed by atoms with van der Waals surface area (Å²) in [5.41, 5.74) is 1.30. The number of nitrogens with zero attached hydrogens (tertiary/aromatic N) is 4. The topological polar surface area (TPSA) is 97.8 Å². The van der Waals surface area contributed by atoms with Crippen molar-refractivity contribution >= 4 is 17.6 Å². The number of unbranched alkanes of at least 4 members (excludes halogenated alkanes) is 1. The fraction of sp³-hybridized carbons (Fsp3) is 0.348. The average Bonchev–Trinajstić information content (AvgIpc) is 3.30. The maximum absolute atomic E-state index is 13.2. The molecule has 1 aromatic carbocycles. The number of rotatable bonds is 8. The largest absolute Gasteiger partial charge is 0.501 e. The van der Waals surface area contributed by atoms with Crippen molar-refractivity contribution in [2.75, 3.05) is 20.8 Å². The molecule has 1 aromatic heterocycles. The average molecular weight is 437 g/mol. The monoisotopic (exact) mass is 437 g/mol. The van der Waals surface area contributed by atoms with Crippen LogP contribution in [0, 0.1) is 5.92 Å². The molecule has 1 aliphatic carbocycles. The third-order valence-corrected chi connectivity index (χ3v) is 5.44. The number of fused-ring (bicyclic) bond motifs is 1. The second-order valence-electron chi connectivity index (χ2n) is 7.44. The number of benzene rings is 1. The number of hydrogen-bond acceptors (Lipinski definition) is 7. The molecular formula is C23H25N4O5+. The van der Waals surface area contributed by atoms with Gasteiger partial charge in [-0.15, -0.1) is 0 Å². The zero-order valence-electron chi connectivity index (χ0n) is 18.3. The van der Waals surface area contributed by atoms with E-state index in [0.29, 0.717) is 35.1 Å². The van der Waals surface area contributed by atoms with E-state index in [4.69, 9.17) is 14.0 Å². The van der Waals surface area contributed by atoms with Gasteiger partial charge in [-0.1, -0.05) is 36.7 Å². The molecule has 9 heteroatoms. The number of methoxy groups -OCH3 is 2. The van der Waals surface area contributed by atoms with E-state index in [1.165, 1.54) is 9.48 Å². The highest BCUT2D eigenvalue weighted by atomic mass is 16.5. The molecule has 4 rings (SSSR count). The Morgan fingerprint density at radius 3 is 2.72 bits per heavy atom. The number of imide groups is 1. The summed E-state index contributed by atoms with van der Waals surface area (Å²) in [5, 5.41) is 4.05. The highest BCUT2D eigenvalue weighted by molar-refractivity contribution is 6.16. The van der Waals surface area contributed by atoms with Gasteiger partial charge in [0, 0.05) is 5.56 Å². The molecule has 0 radical (unpaired) electrons. The Hall–Kier alpha value is -3.75. The van der Waals surface area contributed by atoms with Crippen LogP contribution >= 0.6 is 0 Å². The Morgan fingerprint density at radius 2 is 1.97 bits per heavy atom. The zero-order chi connectivity index (χ0) is 22.7. The number of aromatic nitrogens is 2. The van der Waals surface area contributed by atoms with E-state index in [2.05, 4.69) is 10.1 Å². The first kappa shape index (κ1) is 21.5. The fourth-order valence-electron chi connectivity index (χ4n) is 3.74. The minimum atomic E-state index is -0.497. The smallest absolute Gasteiger partial charge is 0.493 e. The minimum Gasteiger partial charge on any atom is -0.493 e. The Kier molecular flexibility index (Phi) is 6.16. The standard InChI is InChI=1S/C23H25N4O5/c1-4-5-12-26-22(28)16-8-6-7-9-17(16)27(23(26)29)14-20-24-21(25-32-20)15-10-11-18(30-2)19(13-15)31-3/h6-11,13,16H,4-5,12,14H2,1-3H3/q+1. The molecule has 3 amide bonds. The minimum absolute atomic E-state index is 0.0685. The molecular weight excluding hydrogens is 412 g/mol. The van der Waals surface area contributed by atoms with Gasteiger partial charge >= 0.3 is 11.9 Å². The molecule has 2 aromatic rings. The summed E-state index contributed by atoms with van der Waals surface area (Å²) in [4.78, 5) is 31.8. The maximum Gasteiger partial charge on any atom is 0.501 e. The molecule has 0 saturated carbocycles. The predicted molar refractivity (Wildman–Crippen MR) is 116 cm³/mol. The first-order chi connectivity index (χ1) is 15.6. The van der Waals surface area contributed by atoms with Crippen LogP contribution in [-0.4, -0.2) is 58.0 Å². The van der Waals surface area contributed by atoms with E-state index in [0.717, 1.165) is 12.8 Å². The van der Waals surface area contributed by atoms with Gasteiger partial charge in [-0.25, -0.2) is 4.79 Å². The zero-order valence-corrected chi connectivity index (χ0v) is 18.3. The van der Waals surface area contributed by atoms with Gasteiger partial charge in [0.05, 0.1) is 20.8 Å². The van der Waals surface area contributed by atoms with E-state index in [1.807, 2.05) is 19.1 Å². The van der Waals surface area contributed by atoms with Gasteiger partial charge in [0.1, 0.15) is 11.6 Å². The number of ether oxygens (including phenoxy) is 2. The van der Waals surface area contributed by atoms with Crippen molar-refractivity contribution in [1.29, 1.82) is 0 Å². The van der Waals surface area contributed by atoms with Crippen molar-refractivity contribution in [3.05, 3.63) is 48.4 Å². The SMILES string of the molecule is CCCCN1C(=O)C2C=CC=CC2=[N+](Cc2nc(-c3ccc(OC)c(OC)c3)no2)C1=O. The highest BCUT2D eigenvalue weighted by Gasteiger charge is 2.46. The summed E-state index contributed by atoms with van der Waals surface area (Å²) >= 11 is 0. The Labute approximate surface area is 185 Å². The van der Waals surface area contributed by atoms with Crippen molar-refractivity contribution in [2.45, 2.75) is 26.3 Å². The molecule has 1 atom stereocenters. The van der Waals surface area contributed by atoms with E-state index < -0.39 is 5.92 Å². The maximum atomic E-state index is 13.2. The number of hydrogen-bond donors (Lipinski definition) is 0. The summed E-state index contributed by atoms with van der Waals surface area (Å²) in [6, 6.07) is 4.94. The van der Waals surface area contributed by atoms with Gasteiger partial charge < -0.3 is 14.0 Å². The van der Waals surface area contributed by atoms with Gasteiger partial charge in [0.15, 0.2) is 18.0 Å². The molecule has 0 fully saturated rings. The van der Waals surface area contributed by atoms with Crippen LogP contribution in [0.1, 0.15) is 25.7 Å². The third-order valence-electron chi connectivity index (χ3n) is 5.44. The fourth-order valence-corrected chi connectivity index (χ4v) is 3.74. The second-order valence-corrected chi connectivity index (χ2v) is 7.44. The lowest BCUT2D eigenvalue weighted by atomic mass is 9.94. The highest BCUT2D eigenvalue weighted by Crippen LogP contribution is 2.31. The summed E-state index contributed by atoms with van der Waals surface area (Å²) in [5.74, 6) is 1.07. The molecule has 0 saturated heterocycles. The van der Waals surface area contributed by atoms with Gasteiger partial charge in [-0.3, -0.25) is 0 Å². The van der Waals surface area contributed by atoms with Crippen LogP contribution in [0.5, 0.6) is 11.5 Å². The van der Waals surface area contributed by atoms with Crippen molar-refractivity contribution in [1.82, 2.24) is 15.0 Å². The molecule has 0 bridgehead atoms. The van der Waals surface area contributed by atoms with E-state index >= 15 is 0 Å². The molecule has 1 aliphatic heterocycles. The number of amides is 3. The summed E-state index contributed by atoms with van der Waals surface area (Å²) in [6.07, 6.45) is 8.84. The number of carbonyl (C=O) groups excluding carboxylic acids is 2. The lowest BCUT2D eigenvalue weighted by molar-refractivity contribution is -0.460. The molecule has 1 unspecified atom stereocenters. The number of allylic oxidation sites excluding steroid dienone is 3. The van der Waals surface area contributed by atoms with Crippen LogP contribution in [0.3, 0.4) is 0 Å². The Morgan fingerprint density at radius 1 is 1.16 bits per heavy atom. The third kappa shape index (κ3) is 3.93. The predicted octanol–water partition coefficient (Wildman–Crippen LogP) is 3.21.